The molecule has 2 atom stereocenters. The Bertz CT molecular complexity index is 610. The number of nitrogens with zero attached hydrogens (tertiary/aromatic N) is 1. The van der Waals surface area contributed by atoms with Crippen LogP contribution in [0.4, 0.5) is 0 Å². The van der Waals surface area contributed by atoms with Crippen LogP contribution in [0.1, 0.15) is 37.0 Å². The summed E-state index contributed by atoms with van der Waals surface area (Å²) in [7, 11) is 0. The van der Waals surface area contributed by atoms with E-state index in [0.717, 1.165) is 0 Å². The first-order chi connectivity index (χ1) is 11.4. The summed E-state index contributed by atoms with van der Waals surface area (Å²) >= 11 is 0. The Labute approximate surface area is 141 Å². The average Bonchev–Trinajstić information content (AvgIpc) is 2.94. The number of carbonyl (C=O) groups excluding carboxylic acids is 2. The van der Waals surface area contributed by atoms with Crippen molar-refractivity contribution in [2.45, 2.75) is 26.7 Å². The summed E-state index contributed by atoms with van der Waals surface area (Å²) in [6, 6.07) is 6.89. The van der Waals surface area contributed by atoms with Gasteiger partial charge in [-0.15, -0.1) is 0 Å². The van der Waals surface area contributed by atoms with Crippen molar-refractivity contribution in [3.63, 3.8) is 0 Å². The maximum Gasteiger partial charge on any atom is 0.308 e. The molecule has 1 fully saturated rings. The van der Waals surface area contributed by atoms with Crippen molar-refractivity contribution in [2.24, 2.45) is 11.8 Å². The van der Waals surface area contributed by atoms with E-state index >= 15 is 0 Å². The largest absolute Gasteiger partial charge is 0.494 e. The third kappa shape index (κ3) is 4.57. The van der Waals surface area contributed by atoms with Crippen molar-refractivity contribution >= 4 is 17.7 Å². The van der Waals surface area contributed by atoms with E-state index in [-0.39, 0.29) is 17.6 Å². The average molecular weight is 333 g/mol. The molecule has 0 radical (unpaired) electrons. The number of amides is 1. The number of Topliss-reactive ketones (excluding diaryl/α,β-unsaturated/α-hetero) is 1. The minimum atomic E-state index is -0.838. The molecule has 0 aliphatic carbocycles. The molecular weight excluding hydrogens is 310 g/mol. The van der Waals surface area contributed by atoms with Gasteiger partial charge >= 0.3 is 5.97 Å². The summed E-state index contributed by atoms with van der Waals surface area (Å²) < 4.78 is 5.56. The van der Waals surface area contributed by atoms with Crippen LogP contribution in [-0.2, 0) is 9.59 Å². The van der Waals surface area contributed by atoms with Crippen molar-refractivity contribution < 1.29 is 24.2 Å². The third-order valence-corrected chi connectivity index (χ3v) is 4.35. The van der Waals surface area contributed by atoms with Gasteiger partial charge in [-0.2, -0.15) is 0 Å². The summed E-state index contributed by atoms with van der Waals surface area (Å²) in [6.07, 6.45) is 0.903. The first-order valence-corrected chi connectivity index (χ1v) is 8.13. The lowest BCUT2D eigenvalue weighted by Gasteiger charge is -2.16. The summed E-state index contributed by atoms with van der Waals surface area (Å²) in [5.41, 5.74) is 0.633. The fraction of sp³-hybridized carbons (Fsp3) is 0.500. The van der Waals surface area contributed by atoms with Crippen LogP contribution in [0.15, 0.2) is 24.3 Å². The predicted molar refractivity (Wildman–Crippen MR) is 88.0 cm³/mol. The lowest BCUT2D eigenvalue weighted by molar-refractivity contribution is -0.142. The third-order valence-electron chi connectivity index (χ3n) is 4.35. The fourth-order valence-electron chi connectivity index (χ4n) is 2.85. The van der Waals surface area contributed by atoms with Crippen LogP contribution in [0.2, 0.25) is 0 Å². The van der Waals surface area contributed by atoms with Gasteiger partial charge in [0, 0.05) is 25.1 Å². The standard InChI is InChI=1S/C18H23NO5/c1-12-10-19(11-16(12)18(22)23)17(21)4-3-9-24-15-7-5-14(6-8-15)13(2)20/h5-8,12,16H,3-4,9-11H2,1-2H3,(H,22,23)/t12-,16-/m1/s1. The van der Waals surface area contributed by atoms with Crippen LogP contribution in [0, 0.1) is 11.8 Å². The molecule has 130 valence electrons. The Morgan fingerprint density at radius 3 is 2.42 bits per heavy atom. The van der Waals surface area contributed by atoms with Crippen LogP contribution >= 0.6 is 0 Å². The SMILES string of the molecule is CC(=O)c1ccc(OCCCC(=O)N2C[C@@H](C)[C@H](C(=O)O)C2)cc1. The number of hydrogen-bond donors (Lipinski definition) is 1. The second-order valence-corrected chi connectivity index (χ2v) is 6.25. The molecule has 1 aliphatic heterocycles. The first kappa shape index (κ1) is 18.0. The van der Waals surface area contributed by atoms with Gasteiger partial charge in [-0.1, -0.05) is 6.92 Å². The number of benzene rings is 1. The maximum atomic E-state index is 12.1. The van der Waals surface area contributed by atoms with Gasteiger partial charge in [0.25, 0.3) is 0 Å². The fourth-order valence-corrected chi connectivity index (χ4v) is 2.85. The van der Waals surface area contributed by atoms with Gasteiger partial charge < -0.3 is 14.7 Å². The number of carboxylic acid groups (broad SMARTS) is 1. The summed E-state index contributed by atoms with van der Waals surface area (Å²) in [4.78, 5) is 36.0. The molecule has 1 aromatic carbocycles. The van der Waals surface area contributed by atoms with Gasteiger partial charge in [0.15, 0.2) is 5.78 Å². The molecule has 0 spiro atoms. The van der Waals surface area contributed by atoms with Gasteiger partial charge in [0.1, 0.15) is 5.75 Å². The molecule has 2 rings (SSSR count). The second kappa shape index (κ2) is 7.95. The van der Waals surface area contributed by atoms with E-state index in [1.165, 1.54) is 6.92 Å². The zero-order chi connectivity index (χ0) is 17.7. The highest BCUT2D eigenvalue weighted by Gasteiger charge is 2.36. The Kier molecular flexibility index (Phi) is 5.95. The molecule has 1 aromatic rings. The lowest BCUT2D eigenvalue weighted by Crippen LogP contribution is -2.30. The van der Waals surface area contributed by atoms with Crippen molar-refractivity contribution in [1.82, 2.24) is 4.90 Å². The smallest absolute Gasteiger partial charge is 0.308 e. The first-order valence-electron chi connectivity index (χ1n) is 8.13. The number of aliphatic carboxylic acids is 1. The van der Waals surface area contributed by atoms with Crippen LogP contribution in [0.25, 0.3) is 0 Å². The van der Waals surface area contributed by atoms with Crippen molar-refractivity contribution in [3.8, 4) is 5.75 Å². The zero-order valence-corrected chi connectivity index (χ0v) is 14.0. The Hall–Kier alpha value is -2.37. The molecule has 0 unspecified atom stereocenters. The van der Waals surface area contributed by atoms with Gasteiger partial charge in [-0.05, 0) is 43.5 Å². The number of ether oxygens (including phenoxy) is 1. The molecule has 1 heterocycles. The molecular formula is C18H23NO5. The maximum absolute atomic E-state index is 12.1. The van der Waals surface area contributed by atoms with E-state index in [4.69, 9.17) is 9.84 Å². The topological polar surface area (TPSA) is 83.9 Å². The number of carboxylic acids is 1. The summed E-state index contributed by atoms with van der Waals surface area (Å²) in [5, 5.41) is 9.10. The Morgan fingerprint density at radius 1 is 1.21 bits per heavy atom. The van der Waals surface area contributed by atoms with Crippen molar-refractivity contribution in [2.75, 3.05) is 19.7 Å². The summed E-state index contributed by atoms with van der Waals surface area (Å²) in [5.74, 6) is -0.677. The van der Waals surface area contributed by atoms with E-state index in [1.54, 1.807) is 29.2 Å². The van der Waals surface area contributed by atoms with Crippen LogP contribution in [-0.4, -0.2) is 47.4 Å². The second-order valence-electron chi connectivity index (χ2n) is 6.25. The van der Waals surface area contributed by atoms with E-state index < -0.39 is 11.9 Å². The molecule has 1 amide bonds. The quantitative estimate of drug-likeness (QED) is 0.611. The molecule has 1 aliphatic rings. The highest BCUT2D eigenvalue weighted by atomic mass is 16.5. The number of rotatable bonds is 7. The van der Waals surface area contributed by atoms with E-state index in [1.807, 2.05) is 6.92 Å². The van der Waals surface area contributed by atoms with E-state index in [2.05, 4.69) is 0 Å². The zero-order valence-electron chi connectivity index (χ0n) is 14.0. The summed E-state index contributed by atoms with van der Waals surface area (Å²) in [6.45, 7) is 4.57. The number of hydrogen-bond acceptors (Lipinski definition) is 4. The van der Waals surface area contributed by atoms with Crippen molar-refractivity contribution in [1.29, 1.82) is 0 Å². The minimum Gasteiger partial charge on any atom is -0.494 e. The van der Waals surface area contributed by atoms with E-state index in [0.29, 0.717) is 43.9 Å². The molecule has 1 saturated heterocycles. The van der Waals surface area contributed by atoms with Crippen LogP contribution in [0.3, 0.4) is 0 Å². The Morgan fingerprint density at radius 2 is 1.88 bits per heavy atom. The molecule has 1 N–H and O–H groups in total. The molecule has 0 bridgehead atoms. The lowest BCUT2D eigenvalue weighted by atomic mass is 9.99. The predicted octanol–water partition coefficient (Wildman–Crippen LogP) is 2.23. The van der Waals surface area contributed by atoms with Crippen LogP contribution < -0.4 is 4.74 Å². The van der Waals surface area contributed by atoms with Gasteiger partial charge in [0.05, 0.1) is 12.5 Å². The van der Waals surface area contributed by atoms with E-state index in [9.17, 15) is 14.4 Å². The number of ketones is 1. The van der Waals surface area contributed by atoms with Gasteiger partial charge in [0.2, 0.25) is 5.91 Å². The minimum absolute atomic E-state index is 0.00616. The van der Waals surface area contributed by atoms with Gasteiger partial charge in [-0.25, -0.2) is 0 Å². The van der Waals surface area contributed by atoms with Crippen molar-refractivity contribution in [3.05, 3.63) is 29.8 Å². The molecule has 24 heavy (non-hydrogen) atoms. The molecule has 6 nitrogen and oxygen atoms in total. The van der Waals surface area contributed by atoms with Gasteiger partial charge in [-0.3, -0.25) is 14.4 Å². The molecule has 0 saturated carbocycles. The number of carbonyl (C=O) groups is 3. The highest BCUT2D eigenvalue weighted by molar-refractivity contribution is 5.94. The number of likely N-dealkylation sites (tertiary alicyclic amines) is 1. The monoisotopic (exact) mass is 333 g/mol. The Balaban J connectivity index is 1.71. The highest BCUT2D eigenvalue weighted by Crippen LogP contribution is 2.24. The van der Waals surface area contributed by atoms with Crippen LogP contribution in [0.5, 0.6) is 5.75 Å². The molecule has 6 heteroatoms. The normalized spacial score (nSPS) is 20.0. The molecule has 0 aromatic heterocycles.